The van der Waals surface area contributed by atoms with E-state index in [1.807, 2.05) is 0 Å². The molecule has 12 heteroatoms. The summed E-state index contributed by atoms with van der Waals surface area (Å²) in [5.74, 6) is -2.12. The highest BCUT2D eigenvalue weighted by Crippen LogP contribution is 2.25. The number of anilines is 1. The van der Waals surface area contributed by atoms with Crippen molar-refractivity contribution in [1.82, 2.24) is 9.78 Å². The van der Waals surface area contributed by atoms with Crippen molar-refractivity contribution in [3.63, 3.8) is 0 Å². The molecular formula is C20H16FN3O5S3. The Morgan fingerprint density at radius 2 is 1.81 bits per heavy atom. The van der Waals surface area contributed by atoms with Crippen molar-refractivity contribution in [1.29, 1.82) is 0 Å². The lowest BCUT2D eigenvalue weighted by atomic mass is 10.1. The third-order valence-corrected chi connectivity index (χ3v) is 6.41. The van der Waals surface area contributed by atoms with Gasteiger partial charge >= 0.3 is 11.9 Å². The average Bonchev–Trinajstić information content (AvgIpc) is 3.17. The predicted octanol–water partition coefficient (Wildman–Crippen LogP) is 4.11. The van der Waals surface area contributed by atoms with E-state index in [0.29, 0.717) is 14.0 Å². The number of aromatic nitrogens is 2. The lowest BCUT2D eigenvalue weighted by molar-refractivity contribution is -0.113. The number of methoxy groups -OCH3 is 2. The Bertz CT molecular complexity index is 1220. The zero-order valence-electron chi connectivity index (χ0n) is 16.8. The van der Waals surface area contributed by atoms with Crippen LogP contribution in [0.25, 0.3) is 5.69 Å². The highest BCUT2D eigenvalue weighted by molar-refractivity contribution is 8.01. The number of nitrogens with one attached hydrogen (secondary N) is 1. The van der Waals surface area contributed by atoms with Gasteiger partial charge in [-0.15, -0.1) is 5.10 Å². The number of thioether (sulfide) groups is 1. The van der Waals surface area contributed by atoms with Crippen LogP contribution in [0.4, 0.5) is 10.1 Å². The lowest BCUT2D eigenvalue weighted by Gasteiger charge is -2.11. The molecular weight excluding hydrogens is 477 g/mol. The monoisotopic (exact) mass is 493 g/mol. The van der Waals surface area contributed by atoms with Gasteiger partial charge in [-0.1, -0.05) is 23.1 Å². The van der Waals surface area contributed by atoms with Crippen molar-refractivity contribution in [3.8, 4) is 5.69 Å². The van der Waals surface area contributed by atoms with Gasteiger partial charge in [0.25, 0.3) is 0 Å². The van der Waals surface area contributed by atoms with E-state index in [9.17, 15) is 18.8 Å². The molecule has 0 spiro atoms. The molecule has 32 heavy (non-hydrogen) atoms. The normalized spacial score (nSPS) is 10.5. The van der Waals surface area contributed by atoms with Gasteiger partial charge in [0.05, 0.1) is 42.5 Å². The average molecular weight is 494 g/mol. The molecule has 1 heterocycles. The first-order valence-electron chi connectivity index (χ1n) is 8.92. The van der Waals surface area contributed by atoms with Gasteiger partial charge in [0.1, 0.15) is 5.82 Å². The lowest BCUT2D eigenvalue weighted by Crippen LogP contribution is -2.18. The first-order chi connectivity index (χ1) is 15.3. The third kappa shape index (κ3) is 5.58. The number of hydrogen-bond donors (Lipinski definition) is 1. The van der Waals surface area contributed by atoms with Crippen molar-refractivity contribution in [2.24, 2.45) is 0 Å². The molecule has 1 N–H and O–H groups in total. The highest BCUT2D eigenvalue weighted by Gasteiger charge is 2.18. The van der Waals surface area contributed by atoms with E-state index >= 15 is 0 Å². The van der Waals surface area contributed by atoms with Gasteiger partial charge in [-0.3, -0.25) is 4.79 Å². The van der Waals surface area contributed by atoms with Gasteiger partial charge in [0, 0.05) is 0 Å². The Morgan fingerprint density at radius 1 is 1.12 bits per heavy atom. The molecule has 8 nitrogen and oxygen atoms in total. The van der Waals surface area contributed by atoms with E-state index < -0.39 is 17.8 Å². The Hall–Kier alpha value is -3.09. The summed E-state index contributed by atoms with van der Waals surface area (Å²) < 4.78 is 25.0. The second-order valence-corrected chi connectivity index (χ2v) is 8.95. The second-order valence-electron chi connectivity index (χ2n) is 6.10. The maximum atomic E-state index is 13.1. The van der Waals surface area contributed by atoms with Gasteiger partial charge in [-0.2, -0.15) is 0 Å². The van der Waals surface area contributed by atoms with E-state index in [4.69, 9.17) is 17.0 Å². The standard InChI is InChI=1S/C20H16FN3O5S3/c1-28-17(26)11-3-8-14(18(27)29-2)15(9-11)22-16(25)10-31-19-23-24(20(30)32-19)13-6-4-12(21)5-7-13/h3-9H,10H2,1-2H3,(H,22,25). The Balaban J connectivity index is 1.73. The summed E-state index contributed by atoms with van der Waals surface area (Å²) in [5.41, 5.74) is 0.981. The summed E-state index contributed by atoms with van der Waals surface area (Å²) in [5, 5.41) is 6.96. The van der Waals surface area contributed by atoms with E-state index in [0.717, 1.165) is 11.8 Å². The van der Waals surface area contributed by atoms with Crippen LogP contribution in [0.1, 0.15) is 20.7 Å². The number of benzene rings is 2. The van der Waals surface area contributed by atoms with Crippen LogP contribution in [0.2, 0.25) is 0 Å². The highest BCUT2D eigenvalue weighted by atomic mass is 32.2. The molecule has 2 aromatic carbocycles. The Morgan fingerprint density at radius 3 is 2.47 bits per heavy atom. The smallest absolute Gasteiger partial charge is 0.339 e. The first-order valence-corrected chi connectivity index (χ1v) is 11.1. The van der Waals surface area contributed by atoms with Crippen LogP contribution >= 0.6 is 35.3 Å². The maximum absolute atomic E-state index is 13.1. The zero-order chi connectivity index (χ0) is 23.3. The van der Waals surface area contributed by atoms with Crippen molar-refractivity contribution in [3.05, 3.63) is 63.4 Å². The number of carbonyl (C=O) groups is 3. The molecule has 0 saturated heterocycles. The van der Waals surface area contributed by atoms with Gasteiger partial charge in [-0.05, 0) is 54.7 Å². The number of esters is 2. The quantitative estimate of drug-likeness (QED) is 0.298. The Labute approximate surface area is 195 Å². The summed E-state index contributed by atoms with van der Waals surface area (Å²) in [4.78, 5) is 36.3. The fraction of sp³-hybridized carbons (Fsp3) is 0.150. The van der Waals surface area contributed by atoms with Crippen LogP contribution in [0, 0.1) is 9.77 Å². The van der Waals surface area contributed by atoms with E-state index in [-0.39, 0.29) is 28.4 Å². The summed E-state index contributed by atoms with van der Waals surface area (Å²) in [7, 11) is 2.44. The van der Waals surface area contributed by atoms with E-state index in [1.165, 1.54) is 60.6 Å². The molecule has 0 atom stereocenters. The largest absolute Gasteiger partial charge is 0.465 e. The van der Waals surface area contributed by atoms with Gasteiger partial charge in [-0.25, -0.2) is 18.7 Å². The summed E-state index contributed by atoms with van der Waals surface area (Å²) in [6.45, 7) is 0. The molecule has 1 amide bonds. The van der Waals surface area contributed by atoms with Crippen LogP contribution in [0.3, 0.4) is 0 Å². The maximum Gasteiger partial charge on any atom is 0.339 e. The Kier molecular flexibility index (Phi) is 7.72. The minimum absolute atomic E-state index is 0.0330. The molecule has 3 rings (SSSR count). The molecule has 1 aromatic heterocycles. The van der Waals surface area contributed by atoms with E-state index in [1.54, 1.807) is 12.1 Å². The van der Waals surface area contributed by atoms with Gasteiger partial charge in [0.2, 0.25) is 5.91 Å². The molecule has 0 radical (unpaired) electrons. The number of carbonyl (C=O) groups excluding carboxylic acids is 3. The fourth-order valence-corrected chi connectivity index (χ4v) is 4.72. The number of ether oxygens (including phenoxy) is 2. The van der Waals surface area contributed by atoms with Crippen LogP contribution in [-0.4, -0.2) is 47.6 Å². The number of rotatable bonds is 7. The van der Waals surface area contributed by atoms with Crippen molar-refractivity contribution in [2.45, 2.75) is 4.34 Å². The van der Waals surface area contributed by atoms with Gasteiger partial charge < -0.3 is 14.8 Å². The molecule has 0 aliphatic rings. The van der Waals surface area contributed by atoms with Crippen molar-refractivity contribution < 1.29 is 28.2 Å². The fourth-order valence-electron chi connectivity index (χ4n) is 2.56. The number of amides is 1. The number of hydrogen-bond acceptors (Lipinski definition) is 9. The molecule has 0 fully saturated rings. The zero-order valence-corrected chi connectivity index (χ0v) is 19.2. The SMILES string of the molecule is COC(=O)c1ccc(C(=O)OC)c(NC(=O)CSc2nn(-c3ccc(F)cc3)c(=S)s2)c1. The molecule has 0 bridgehead atoms. The summed E-state index contributed by atoms with van der Waals surface area (Å²) in [6.07, 6.45) is 0. The van der Waals surface area contributed by atoms with Crippen molar-refractivity contribution >= 4 is 58.8 Å². The molecule has 3 aromatic rings. The summed E-state index contributed by atoms with van der Waals surface area (Å²) in [6, 6.07) is 9.82. The number of halogens is 1. The minimum Gasteiger partial charge on any atom is -0.465 e. The molecule has 166 valence electrons. The van der Waals surface area contributed by atoms with Gasteiger partial charge in [0.15, 0.2) is 8.29 Å². The summed E-state index contributed by atoms with van der Waals surface area (Å²) >= 11 is 7.64. The predicted molar refractivity (Wildman–Crippen MR) is 121 cm³/mol. The molecule has 0 aliphatic heterocycles. The second kappa shape index (κ2) is 10.5. The van der Waals surface area contributed by atoms with Crippen LogP contribution in [0.15, 0.2) is 46.8 Å². The molecule has 0 aliphatic carbocycles. The van der Waals surface area contributed by atoms with Crippen molar-refractivity contribution in [2.75, 3.05) is 25.3 Å². The number of nitrogens with zero attached hydrogens (tertiary/aromatic N) is 2. The third-order valence-electron chi connectivity index (χ3n) is 4.05. The van der Waals surface area contributed by atoms with Crippen LogP contribution in [0.5, 0.6) is 0 Å². The molecule has 0 saturated carbocycles. The van der Waals surface area contributed by atoms with Crippen LogP contribution < -0.4 is 5.32 Å². The topological polar surface area (TPSA) is 99.5 Å². The van der Waals surface area contributed by atoms with E-state index in [2.05, 4.69) is 15.2 Å². The first kappa shape index (κ1) is 23.6. The van der Waals surface area contributed by atoms with Crippen LogP contribution in [-0.2, 0) is 14.3 Å². The molecule has 0 unspecified atom stereocenters. The minimum atomic E-state index is -0.666.